The predicted octanol–water partition coefficient (Wildman–Crippen LogP) is 0.849. The molecule has 2 unspecified atom stereocenters. The van der Waals surface area contributed by atoms with Crippen LogP contribution < -0.4 is 5.32 Å². The highest BCUT2D eigenvalue weighted by Gasteiger charge is 2.33. The fourth-order valence-corrected chi connectivity index (χ4v) is 2.39. The zero-order valence-electron chi connectivity index (χ0n) is 11.7. The van der Waals surface area contributed by atoms with Crippen molar-refractivity contribution in [1.29, 1.82) is 0 Å². The predicted molar refractivity (Wildman–Crippen MR) is 73.7 cm³/mol. The number of methoxy groups -OCH3 is 1. The summed E-state index contributed by atoms with van der Waals surface area (Å²) in [6.45, 7) is 0. The maximum atomic E-state index is 12.1. The highest BCUT2D eigenvalue weighted by Crippen LogP contribution is 2.34. The van der Waals surface area contributed by atoms with Crippen molar-refractivity contribution in [3.05, 3.63) is 35.4 Å². The van der Waals surface area contributed by atoms with Crippen molar-refractivity contribution in [2.45, 2.75) is 31.2 Å². The Labute approximate surface area is 122 Å². The number of fused-ring (bicyclic) bond motifs is 1. The highest BCUT2D eigenvalue weighted by molar-refractivity contribution is 5.90. The van der Waals surface area contributed by atoms with Gasteiger partial charge in [-0.15, -0.1) is 0 Å². The van der Waals surface area contributed by atoms with E-state index in [1.807, 2.05) is 24.3 Å². The van der Waals surface area contributed by atoms with Crippen molar-refractivity contribution in [1.82, 2.24) is 5.32 Å². The van der Waals surface area contributed by atoms with Crippen LogP contribution in [0.5, 0.6) is 0 Å². The van der Waals surface area contributed by atoms with E-state index in [9.17, 15) is 14.4 Å². The molecule has 0 heterocycles. The second kappa shape index (κ2) is 6.39. The number of rotatable bonds is 6. The summed E-state index contributed by atoms with van der Waals surface area (Å²) in [6, 6.07) is 6.50. The minimum Gasteiger partial charge on any atom is -0.480 e. The molecule has 6 nitrogen and oxygen atoms in total. The normalized spacial score (nSPS) is 17.1. The zero-order chi connectivity index (χ0) is 15.4. The van der Waals surface area contributed by atoms with Gasteiger partial charge in [0.05, 0.1) is 13.0 Å². The molecule has 0 aliphatic heterocycles. The summed E-state index contributed by atoms with van der Waals surface area (Å²) in [5.74, 6) is -2.27. The van der Waals surface area contributed by atoms with E-state index in [0.717, 1.165) is 11.1 Å². The van der Waals surface area contributed by atoms with E-state index in [2.05, 4.69) is 10.1 Å². The highest BCUT2D eigenvalue weighted by atomic mass is 16.5. The first-order chi connectivity index (χ1) is 10.0. The van der Waals surface area contributed by atoms with Gasteiger partial charge in [0.15, 0.2) is 0 Å². The van der Waals surface area contributed by atoms with Crippen molar-refractivity contribution >= 4 is 17.8 Å². The van der Waals surface area contributed by atoms with Gasteiger partial charge in [0.2, 0.25) is 5.91 Å². The van der Waals surface area contributed by atoms with Crippen LogP contribution in [0, 0.1) is 0 Å². The molecule has 1 aliphatic carbocycles. The van der Waals surface area contributed by atoms with Crippen LogP contribution in [0.2, 0.25) is 0 Å². The standard InChI is InChI=1S/C15H17NO5/c1-21-13(17)7-6-12(15(19)20)16-14(18)11-8-9-4-2-3-5-10(9)11/h2-5,11-12H,6-8H2,1H3,(H,16,18)(H,19,20). The number of carbonyl (C=O) groups excluding carboxylic acids is 2. The number of carbonyl (C=O) groups is 3. The second-order valence-electron chi connectivity index (χ2n) is 4.97. The molecule has 1 aliphatic rings. The number of carboxylic acids is 1. The van der Waals surface area contributed by atoms with Gasteiger partial charge in [-0.1, -0.05) is 24.3 Å². The van der Waals surface area contributed by atoms with Gasteiger partial charge in [-0.25, -0.2) is 4.79 Å². The molecule has 1 aromatic rings. The number of aliphatic carboxylic acids is 1. The Morgan fingerprint density at radius 3 is 2.71 bits per heavy atom. The summed E-state index contributed by atoms with van der Waals surface area (Å²) in [7, 11) is 1.24. The van der Waals surface area contributed by atoms with Gasteiger partial charge in [0.25, 0.3) is 0 Å². The minimum absolute atomic E-state index is 0.0160. The molecule has 0 spiro atoms. The van der Waals surface area contributed by atoms with Crippen LogP contribution in [-0.4, -0.2) is 36.1 Å². The molecular weight excluding hydrogens is 274 g/mol. The summed E-state index contributed by atoms with van der Waals surface area (Å²) >= 11 is 0. The molecule has 0 aromatic heterocycles. The first-order valence-corrected chi connectivity index (χ1v) is 6.70. The van der Waals surface area contributed by atoms with Gasteiger partial charge in [0.1, 0.15) is 6.04 Å². The van der Waals surface area contributed by atoms with E-state index in [1.165, 1.54) is 7.11 Å². The number of hydrogen-bond acceptors (Lipinski definition) is 4. The lowest BCUT2D eigenvalue weighted by Gasteiger charge is -2.30. The Morgan fingerprint density at radius 1 is 1.38 bits per heavy atom. The van der Waals surface area contributed by atoms with Gasteiger partial charge in [0, 0.05) is 6.42 Å². The largest absolute Gasteiger partial charge is 0.480 e. The Kier molecular flexibility index (Phi) is 4.57. The maximum Gasteiger partial charge on any atom is 0.326 e. The average Bonchev–Trinajstić information content (AvgIpc) is 2.44. The third-order valence-electron chi connectivity index (χ3n) is 3.65. The number of benzene rings is 1. The molecule has 1 aromatic carbocycles. The molecule has 0 radical (unpaired) electrons. The van der Waals surface area contributed by atoms with E-state index in [4.69, 9.17) is 5.11 Å². The van der Waals surface area contributed by atoms with Crippen molar-refractivity contribution < 1.29 is 24.2 Å². The molecule has 21 heavy (non-hydrogen) atoms. The number of carboxylic acid groups (broad SMARTS) is 1. The first-order valence-electron chi connectivity index (χ1n) is 6.70. The average molecular weight is 291 g/mol. The van der Waals surface area contributed by atoms with E-state index in [0.29, 0.717) is 6.42 Å². The fraction of sp³-hybridized carbons (Fsp3) is 0.400. The molecule has 0 bridgehead atoms. The maximum absolute atomic E-state index is 12.1. The summed E-state index contributed by atoms with van der Waals surface area (Å²) in [5, 5.41) is 11.6. The van der Waals surface area contributed by atoms with E-state index in [1.54, 1.807) is 0 Å². The summed E-state index contributed by atoms with van der Waals surface area (Å²) in [6.07, 6.45) is 0.586. The van der Waals surface area contributed by atoms with E-state index in [-0.39, 0.29) is 24.7 Å². The van der Waals surface area contributed by atoms with Gasteiger partial charge in [-0.2, -0.15) is 0 Å². The van der Waals surface area contributed by atoms with Crippen molar-refractivity contribution in [2.24, 2.45) is 0 Å². The molecule has 1 amide bonds. The van der Waals surface area contributed by atoms with Gasteiger partial charge in [-0.3, -0.25) is 9.59 Å². The molecular formula is C15H17NO5. The summed E-state index contributed by atoms with van der Waals surface area (Å²) in [4.78, 5) is 34.3. The van der Waals surface area contributed by atoms with Crippen molar-refractivity contribution in [2.75, 3.05) is 7.11 Å². The molecule has 112 valence electrons. The molecule has 2 atom stereocenters. The smallest absolute Gasteiger partial charge is 0.326 e. The summed E-state index contributed by atoms with van der Waals surface area (Å²) < 4.78 is 4.47. The Hall–Kier alpha value is -2.37. The van der Waals surface area contributed by atoms with Crippen LogP contribution >= 0.6 is 0 Å². The lowest BCUT2D eigenvalue weighted by atomic mass is 9.77. The Balaban J connectivity index is 1.94. The van der Waals surface area contributed by atoms with Crippen molar-refractivity contribution in [3.8, 4) is 0 Å². The van der Waals surface area contributed by atoms with Crippen LogP contribution in [0.15, 0.2) is 24.3 Å². The second-order valence-corrected chi connectivity index (χ2v) is 4.97. The first kappa shape index (κ1) is 15.0. The third kappa shape index (κ3) is 3.39. The fourth-order valence-electron chi connectivity index (χ4n) is 2.39. The van der Waals surface area contributed by atoms with Gasteiger partial charge in [-0.05, 0) is 24.0 Å². The topological polar surface area (TPSA) is 92.7 Å². The SMILES string of the molecule is COC(=O)CCC(NC(=O)C1Cc2ccccc21)C(=O)O. The van der Waals surface area contributed by atoms with Crippen LogP contribution in [0.4, 0.5) is 0 Å². The molecule has 0 saturated carbocycles. The van der Waals surface area contributed by atoms with Crippen LogP contribution in [0.25, 0.3) is 0 Å². The quantitative estimate of drug-likeness (QED) is 0.758. The van der Waals surface area contributed by atoms with Gasteiger partial charge >= 0.3 is 11.9 Å². The molecule has 2 rings (SSSR count). The molecule has 2 N–H and O–H groups in total. The summed E-state index contributed by atoms with van der Waals surface area (Å²) in [5.41, 5.74) is 2.05. The van der Waals surface area contributed by atoms with Crippen LogP contribution in [-0.2, 0) is 25.5 Å². The van der Waals surface area contributed by atoms with Gasteiger partial charge < -0.3 is 15.2 Å². The van der Waals surface area contributed by atoms with E-state index < -0.39 is 18.0 Å². The Morgan fingerprint density at radius 2 is 2.10 bits per heavy atom. The molecule has 0 fully saturated rings. The lowest BCUT2D eigenvalue weighted by Crippen LogP contribution is -2.45. The number of nitrogens with one attached hydrogen (secondary N) is 1. The zero-order valence-corrected chi connectivity index (χ0v) is 11.7. The molecule has 6 heteroatoms. The number of amides is 1. The minimum atomic E-state index is -1.15. The van der Waals surface area contributed by atoms with E-state index >= 15 is 0 Å². The monoisotopic (exact) mass is 291 g/mol. The Bertz CT molecular complexity index is 569. The van der Waals surface area contributed by atoms with Crippen LogP contribution in [0.1, 0.15) is 29.9 Å². The number of ether oxygens (including phenoxy) is 1. The molecule has 0 saturated heterocycles. The van der Waals surface area contributed by atoms with Crippen molar-refractivity contribution in [3.63, 3.8) is 0 Å². The van der Waals surface area contributed by atoms with Crippen LogP contribution in [0.3, 0.4) is 0 Å². The number of hydrogen-bond donors (Lipinski definition) is 2. The third-order valence-corrected chi connectivity index (χ3v) is 3.65. The number of esters is 1. The lowest BCUT2D eigenvalue weighted by molar-refractivity contribution is -0.144.